The zero-order chi connectivity index (χ0) is 16.4. The van der Waals surface area contributed by atoms with Crippen LogP contribution in [0.25, 0.3) is 22.3 Å². The highest BCUT2D eigenvalue weighted by molar-refractivity contribution is 6.04. The molecule has 3 N–H and O–H groups in total. The summed E-state index contributed by atoms with van der Waals surface area (Å²) in [6, 6.07) is 15.1. The zero-order valence-electron chi connectivity index (χ0n) is 12.5. The lowest BCUT2D eigenvalue weighted by atomic mass is 10.1. The minimum atomic E-state index is -0.225. The number of nitrogens with one attached hydrogen (secondary N) is 3. The van der Waals surface area contributed by atoms with E-state index in [4.69, 9.17) is 0 Å². The van der Waals surface area contributed by atoms with Crippen LogP contribution in [0.2, 0.25) is 0 Å². The third-order valence-corrected chi connectivity index (χ3v) is 3.67. The second-order valence-electron chi connectivity index (χ2n) is 5.24. The maximum absolute atomic E-state index is 12.4. The van der Waals surface area contributed by atoms with E-state index in [0.29, 0.717) is 18.1 Å². The van der Waals surface area contributed by atoms with Gasteiger partial charge < -0.3 is 5.32 Å². The molecule has 2 aromatic heterocycles. The molecule has 0 saturated heterocycles. The monoisotopic (exact) mass is 319 g/mol. The van der Waals surface area contributed by atoms with Crippen LogP contribution in [0.15, 0.2) is 48.5 Å². The minimum Gasteiger partial charge on any atom is -0.347 e. The summed E-state index contributed by atoms with van der Waals surface area (Å²) < 4.78 is 0. The Labute approximate surface area is 136 Å². The summed E-state index contributed by atoms with van der Waals surface area (Å²) in [6.45, 7) is 0.381. The molecule has 0 radical (unpaired) electrons. The summed E-state index contributed by atoms with van der Waals surface area (Å²) in [7, 11) is 0. The fourth-order valence-electron chi connectivity index (χ4n) is 2.51. The quantitative estimate of drug-likeness (QED) is 0.530. The van der Waals surface area contributed by atoms with Crippen molar-refractivity contribution in [3.63, 3.8) is 0 Å². The highest BCUT2D eigenvalue weighted by atomic mass is 16.1. The van der Waals surface area contributed by atoms with Gasteiger partial charge in [0.2, 0.25) is 5.82 Å². The highest BCUT2D eigenvalue weighted by Gasteiger charge is 2.13. The van der Waals surface area contributed by atoms with Gasteiger partial charge in [0.15, 0.2) is 5.69 Å². The maximum Gasteiger partial charge on any atom is 0.272 e. The summed E-state index contributed by atoms with van der Waals surface area (Å²) in [6.07, 6.45) is 0. The molecule has 8 heteroatoms. The van der Waals surface area contributed by atoms with E-state index in [1.165, 1.54) is 0 Å². The van der Waals surface area contributed by atoms with E-state index in [2.05, 4.69) is 36.1 Å². The summed E-state index contributed by atoms with van der Waals surface area (Å²) in [4.78, 5) is 12.4. The number of fused-ring (bicyclic) bond motifs is 1. The lowest BCUT2D eigenvalue weighted by Crippen LogP contribution is -2.23. The number of carbonyl (C=O) groups is 1. The highest BCUT2D eigenvalue weighted by Crippen LogP contribution is 2.16. The summed E-state index contributed by atoms with van der Waals surface area (Å²) >= 11 is 0. The van der Waals surface area contributed by atoms with Crippen LogP contribution in [-0.2, 0) is 6.54 Å². The fourth-order valence-corrected chi connectivity index (χ4v) is 2.51. The average molecular weight is 319 g/mol. The Hall–Kier alpha value is -3.55. The molecule has 24 heavy (non-hydrogen) atoms. The molecule has 0 atom stereocenters. The van der Waals surface area contributed by atoms with Gasteiger partial charge in [-0.3, -0.25) is 9.89 Å². The van der Waals surface area contributed by atoms with Gasteiger partial charge >= 0.3 is 0 Å². The lowest BCUT2D eigenvalue weighted by Gasteiger charge is -2.05. The fraction of sp³-hybridized carbons (Fsp3) is 0.0625. The van der Waals surface area contributed by atoms with Crippen LogP contribution in [0.3, 0.4) is 0 Å². The van der Waals surface area contributed by atoms with E-state index >= 15 is 0 Å². The Morgan fingerprint density at radius 2 is 2.00 bits per heavy atom. The molecule has 118 valence electrons. The molecule has 0 fully saturated rings. The SMILES string of the molecule is O=C(NCc1cccc(-c2nn[nH]n2)c1)c1n[nH]c2ccccc12. The molecule has 0 bridgehead atoms. The van der Waals surface area contributed by atoms with Crippen LogP contribution in [-0.4, -0.2) is 36.7 Å². The van der Waals surface area contributed by atoms with Gasteiger partial charge in [0.05, 0.1) is 5.52 Å². The number of amides is 1. The molecule has 4 aromatic rings. The third-order valence-electron chi connectivity index (χ3n) is 3.67. The zero-order valence-corrected chi connectivity index (χ0v) is 12.5. The van der Waals surface area contributed by atoms with Crippen molar-refractivity contribution in [2.75, 3.05) is 0 Å². The van der Waals surface area contributed by atoms with Gasteiger partial charge in [0, 0.05) is 17.5 Å². The summed E-state index contributed by atoms with van der Waals surface area (Å²) in [5, 5.41) is 24.5. The number of hydrogen-bond acceptors (Lipinski definition) is 5. The number of benzene rings is 2. The predicted molar refractivity (Wildman–Crippen MR) is 86.9 cm³/mol. The molecular formula is C16H13N7O. The second kappa shape index (κ2) is 5.92. The Bertz CT molecular complexity index is 991. The van der Waals surface area contributed by atoms with Crippen molar-refractivity contribution in [1.82, 2.24) is 36.1 Å². The van der Waals surface area contributed by atoms with Crippen molar-refractivity contribution < 1.29 is 4.79 Å². The molecule has 0 aliphatic heterocycles. The smallest absolute Gasteiger partial charge is 0.272 e. The first-order valence-electron chi connectivity index (χ1n) is 7.35. The van der Waals surface area contributed by atoms with E-state index in [1.54, 1.807) is 0 Å². The van der Waals surface area contributed by atoms with Crippen molar-refractivity contribution in [3.8, 4) is 11.4 Å². The lowest BCUT2D eigenvalue weighted by molar-refractivity contribution is 0.0947. The van der Waals surface area contributed by atoms with Crippen LogP contribution in [0.5, 0.6) is 0 Å². The van der Waals surface area contributed by atoms with Crippen LogP contribution in [0, 0.1) is 0 Å². The molecule has 8 nitrogen and oxygen atoms in total. The van der Waals surface area contributed by atoms with Crippen molar-refractivity contribution in [2.24, 2.45) is 0 Å². The van der Waals surface area contributed by atoms with Crippen molar-refractivity contribution >= 4 is 16.8 Å². The maximum atomic E-state index is 12.4. The number of aromatic nitrogens is 6. The Balaban J connectivity index is 1.51. The molecule has 0 unspecified atom stereocenters. The molecule has 4 rings (SSSR count). The van der Waals surface area contributed by atoms with Gasteiger partial charge in [-0.15, -0.1) is 10.2 Å². The number of aromatic amines is 2. The number of rotatable bonds is 4. The largest absolute Gasteiger partial charge is 0.347 e. The summed E-state index contributed by atoms with van der Waals surface area (Å²) in [5.41, 5.74) is 2.99. The summed E-state index contributed by atoms with van der Waals surface area (Å²) in [5.74, 6) is 0.291. The number of para-hydroxylation sites is 1. The van der Waals surface area contributed by atoms with Gasteiger partial charge in [-0.2, -0.15) is 10.3 Å². The topological polar surface area (TPSA) is 112 Å². The van der Waals surface area contributed by atoms with Gasteiger partial charge in [-0.1, -0.05) is 36.4 Å². The second-order valence-corrected chi connectivity index (χ2v) is 5.24. The first kappa shape index (κ1) is 14.1. The van der Waals surface area contributed by atoms with E-state index in [1.807, 2.05) is 48.5 Å². The van der Waals surface area contributed by atoms with Crippen LogP contribution in [0.1, 0.15) is 16.1 Å². The number of hydrogen-bond donors (Lipinski definition) is 3. The standard InChI is InChI=1S/C16H13N7O/c24-16(14-12-6-1-2-7-13(12)18-19-14)17-9-10-4-3-5-11(8-10)15-20-22-23-21-15/h1-8H,9H2,(H,17,24)(H,18,19)(H,20,21,22,23). The number of tetrazole rings is 1. The van der Waals surface area contributed by atoms with E-state index in [9.17, 15) is 4.79 Å². The van der Waals surface area contributed by atoms with Crippen molar-refractivity contribution in [1.29, 1.82) is 0 Å². The predicted octanol–water partition coefficient (Wildman–Crippen LogP) is 1.67. The van der Waals surface area contributed by atoms with E-state index < -0.39 is 0 Å². The normalized spacial score (nSPS) is 10.8. The first-order valence-corrected chi connectivity index (χ1v) is 7.35. The number of carbonyl (C=O) groups excluding carboxylic acids is 1. The van der Waals surface area contributed by atoms with Gasteiger partial charge in [-0.05, 0) is 22.9 Å². The molecule has 0 saturated carbocycles. The molecule has 2 heterocycles. The minimum absolute atomic E-state index is 0.225. The molecule has 0 aliphatic carbocycles. The van der Waals surface area contributed by atoms with Crippen LogP contribution in [0.4, 0.5) is 0 Å². The Morgan fingerprint density at radius 1 is 1.08 bits per heavy atom. The average Bonchev–Trinajstić information content (AvgIpc) is 3.29. The molecule has 0 aliphatic rings. The molecule has 1 amide bonds. The molecule has 2 aromatic carbocycles. The first-order chi connectivity index (χ1) is 11.8. The molecule has 0 spiro atoms. The van der Waals surface area contributed by atoms with Gasteiger partial charge in [-0.25, -0.2) is 0 Å². The third kappa shape index (κ3) is 2.60. The Morgan fingerprint density at radius 3 is 2.88 bits per heavy atom. The number of H-pyrrole nitrogens is 2. The van der Waals surface area contributed by atoms with Crippen LogP contribution < -0.4 is 5.32 Å². The van der Waals surface area contributed by atoms with Crippen LogP contribution >= 0.6 is 0 Å². The Kier molecular flexibility index (Phi) is 3.47. The van der Waals surface area contributed by atoms with Crippen molar-refractivity contribution in [3.05, 3.63) is 59.8 Å². The van der Waals surface area contributed by atoms with E-state index in [0.717, 1.165) is 22.0 Å². The molecular weight excluding hydrogens is 306 g/mol. The van der Waals surface area contributed by atoms with Crippen molar-refractivity contribution in [2.45, 2.75) is 6.54 Å². The van der Waals surface area contributed by atoms with E-state index in [-0.39, 0.29) is 5.91 Å². The van der Waals surface area contributed by atoms with Gasteiger partial charge in [0.25, 0.3) is 5.91 Å². The van der Waals surface area contributed by atoms with Gasteiger partial charge in [0.1, 0.15) is 0 Å². The number of nitrogens with zero attached hydrogens (tertiary/aromatic N) is 4.